The molecule has 1 fully saturated rings. The zero-order valence-electron chi connectivity index (χ0n) is 14.0. The average molecular weight is 358 g/mol. The Bertz CT molecular complexity index is 862. The summed E-state index contributed by atoms with van der Waals surface area (Å²) in [6.07, 6.45) is 2.12. The first-order chi connectivity index (χ1) is 12.2. The maximum Gasteiger partial charge on any atom is 0.180 e. The van der Waals surface area contributed by atoms with Gasteiger partial charge in [0.05, 0.1) is 11.4 Å². The molecule has 0 spiro atoms. The van der Waals surface area contributed by atoms with Crippen molar-refractivity contribution in [2.45, 2.75) is 32.2 Å². The Balaban J connectivity index is 1.52. The van der Waals surface area contributed by atoms with Gasteiger partial charge in [0.15, 0.2) is 5.76 Å². The predicted molar refractivity (Wildman–Crippen MR) is 93.8 cm³/mol. The Hall–Kier alpha value is -2.12. The van der Waals surface area contributed by atoms with Crippen LogP contribution in [0, 0.1) is 12.7 Å². The first-order valence-corrected chi connectivity index (χ1v) is 9.20. The molecule has 0 N–H and O–H groups in total. The lowest BCUT2D eigenvalue weighted by Crippen LogP contribution is -2.34. The van der Waals surface area contributed by atoms with E-state index in [0.717, 1.165) is 53.5 Å². The topological polar surface area (TPSA) is 55.1 Å². The van der Waals surface area contributed by atoms with Crippen molar-refractivity contribution in [3.8, 4) is 10.6 Å². The van der Waals surface area contributed by atoms with E-state index in [4.69, 9.17) is 4.52 Å². The molecule has 1 saturated heterocycles. The van der Waals surface area contributed by atoms with Crippen LogP contribution in [0.15, 0.2) is 34.9 Å². The van der Waals surface area contributed by atoms with E-state index >= 15 is 0 Å². The van der Waals surface area contributed by atoms with Crippen LogP contribution in [0.5, 0.6) is 0 Å². The Morgan fingerprint density at radius 3 is 3.04 bits per heavy atom. The molecule has 0 unspecified atom stereocenters. The van der Waals surface area contributed by atoms with Crippen molar-refractivity contribution in [1.29, 1.82) is 0 Å². The maximum absolute atomic E-state index is 13.9. The van der Waals surface area contributed by atoms with Gasteiger partial charge in [0.25, 0.3) is 0 Å². The van der Waals surface area contributed by atoms with Gasteiger partial charge < -0.3 is 4.52 Å². The Morgan fingerprint density at radius 2 is 2.24 bits per heavy atom. The summed E-state index contributed by atoms with van der Waals surface area (Å²) >= 11 is 1.34. The van der Waals surface area contributed by atoms with E-state index in [9.17, 15) is 4.39 Å². The summed E-state index contributed by atoms with van der Waals surface area (Å²) in [6.45, 7) is 4.34. The van der Waals surface area contributed by atoms with Crippen LogP contribution in [-0.4, -0.2) is 32.7 Å². The molecule has 0 bridgehead atoms. The molecule has 2 aromatic heterocycles. The monoisotopic (exact) mass is 358 g/mol. The summed E-state index contributed by atoms with van der Waals surface area (Å²) in [6, 6.07) is 8.90. The molecule has 1 atom stereocenters. The second kappa shape index (κ2) is 7.01. The predicted octanol–water partition coefficient (Wildman–Crippen LogP) is 4.02. The normalized spacial score (nSPS) is 18.6. The molecule has 5 nitrogen and oxygen atoms in total. The maximum atomic E-state index is 13.9. The number of benzene rings is 1. The van der Waals surface area contributed by atoms with Gasteiger partial charge in [-0.1, -0.05) is 27.8 Å². The van der Waals surface area contributed by atoms with Gasteiger partial charge in [0.2, 0.25) is 0 Å². The van der Waals surface area contributed by atoms with Gasteiger partial charge in [-0.05, 0) is 43.9 Å². The van der Waals surface area contributed by atoms with E-state index in [1.165, 1.54) is 17.6 Å². The summed E-state index contributed by atoms with van der Waals surface area (Å²) in [5.41, 5.74) is 2.56. The smallest absolute Gasteiger partial charge is 0.180 e. The van der Waals surface area contributed by atoms with Crippen molar-refractivity contribution in [3.05, 3.63) is 53.1 Å². The molecule has 0 amide bonds. The van der Waals surface area contributed by atoms with Crippen molar-refractivity contribution >= 4 is 11.5 Å². The lowest BCUT2D eigenvalue weighted by Gasteiger charge is -2.32. The van der Waals surface area contributed by atoms with E-state index in [1.807, 2.05) is 25.1 Å². The number of nitrogens with zero attached hydrogens (tertiary/aromatic N) is 4. The molecule has 1 aliphatic heterocycles. The van der Waals surface area contributed by atoms with Gasteiger partial charge in [0, 0.05) is 30.6 Å². The van der Waals surface area contributed by atoms with Crippen LogP contribution >= 0.6 is 11.5 Å². The zero-order chi connectivity index (χ0) is 17.2. The zero-order valence-corrected chi connectivity index (χ0v) is 14.8. The number of halogens is 1. The fourth-order valence-corrected chi connectivity index (χ4v) is 4.09. The van der Waals surface area contributed by atoms with Crippen molar-refractivity contribution in [3.63, 3.8) is 0 Å². The molecule has 3 aromatic rings. The molecule has 1 aromatic carbocycles. The second-order valence-electron chi connectivity index (χ2n) is 6.49. The fourth-order valence-electron chi connectivity index (χ4n) is 3.40. The van der Waals surface area contributed by atoms with Crippen molar-refractivity contribution in [2.75, 3.05) is 13.1 Å². The summed E-state index contributed by atoms with van der Waals surface area (Å²) in [5, 5.41) is 8.33. The van der Waals surface area contributed by atoms with Crippen molar-refractivity contribution < 1.29 is 8.91 Å². The first kappa shape index (κ1) is 16.4. The molecule has 4 rings (SSSR count). The van der Waals surface area contributed by atoms with Gasteiger partial charge in [0.1, 0.15) is 10.7 Å². The van der Waals surface area contributed by atoms with Crippen LogP contribution in [0.3, 0.4) is 0 Å². The van der Waals surface area contributed by atoms with E-state index in [1.54, 1.807) is 6.07 Å². The Morgan fingerprint density at radius 1 is 1.36 bits per heavy atom. The highest BCUT2D eigenvalue weighted by Crippen LogP contribution is 2.35. The highest BCUT2D eigenvalue weighted by atomic mass is 32.1. The van der Waals surface area contributed by atoms with E-state index in [0.29, 0.717) is 6.54 Å². The number of likely N-dealkylation sites (tertiary alicyclic amines) is 1. The van der Waals surface area contributed by atoms with Crippen LogP contribution in [0.4, 0.5) is 4.39 Å². The van der Waals surface area contributed by atoms with Gasteiger partial charge in [-0.3, -0.25) is 4.90 Å². The van der Waals surface area contributed by atoms with Crippen LogP contribution < -0.4 is 0 Å². The molecule has 0 radical (unpaired) electrons. The Kier molecular flexibility index (Phi) is 4.59. The number of hydrogen-bond acceptors (Lipinski definition) is 6. The number of aryl methyl sites for hydroxylation is 1. The minimum absolute atomic E-state index is 0.141. The van der Waals surface area contributed by atoms with Crippen LogP contribution in [-0.2, 0) is 6.54 Å². The highest BCUT2D eigenvalue weighted by molar-refractivity contribution is 7.09. The molecule has 25 heavy (non-hydrogen) atoms. The van der Waals surface area contributed by atoms with Crippen LogP contribution in [0.1, 0.15) is 35.7 Å². The summed E-state index contributed by atoms with van der Waals surface area (Å²) in [7, 11) is 0. The van der Waals surface area contributed by atoms with Gasteiger partial charge in [-0.25, -0.2) is 4.39 Å². The minimum atomic E-state index is -0.141. The largest absolute Gasteiger partial charge is 0.355 e. The average Bonchev–Trinajstić information content (AvgIpc) is 3.26. The van der Waals surface area contributed by atoms with E-state index in [-0.39, 0.29) is 11.7 Å². The van der Waals surface area contributed by atoms with Crippen molar-refractivity contribution in [1.82, 2.24) is 19.6 Å². The molecule has 0 aliphatic carbocycles. The summed E-state index contributed by atoms with van der Waals surface area (Å²) in [4.78, 5) is 3.25. The van der Waals surface area contributed by atoms with Gasteiger partial charge in [-0.15, -0.1) is 5.10 Å². The number of rotatable bonds is 4. The third-order valence-electron chi connectivity index (χ3n) is 4.61. The number of hydrogen-bond donors (Lipinski definition) is 0. The fraction of sp³-hybridized carbons (Fsp3) is 0.389. The summed E-state index contributed by atoms with van der Waals surface area (Å²) in [5.74, 6) is 0.867. The second-order valence-corrected chi connectivity index (χ2v) is 7.24. The third kappa shape index (κ3) is 3.48. The molecule has 1 aliphatic rings. The minimum Gasteiger partial charge on any atom is -0.355 e. The van der Waals surface area contributed by atoms with E-state index in [2.05, 4.69) is 19.6 Å². The van der Waals surface area contributed by atoms with Crippen LogP contribution in [0.25, 0.3) is 10.6 Å². The Labute approximate surface area is 149 Å². The highest BCUT2D eigenvalue weighted by Gasteiger charge is 2.28. The van der Waals surface area contributed by atoms with Crippen LogP contribution in [0.2, 0.25) is 0 Å². The molecular weight excluding hydrogens is 339 g/mol. The third-order valence-corrected chi connectivity index (χ3v) is 5.37. The number of aromatic nitrogens is 3. The van der Waals surface area contributed by atoms with E-state index < -0.39 is 0 Å². The number of piperidine rings is 1. The molecular formula is C18H19FN4OS. The first-order valence-electron chi connectivity index (χ1n) is 8.42. The lowest BCUT2D eigenvalue weighted by atomic mass is 9.93. The summed E-state index contributed by atoms with van der Waals surface area (Å²) < 4.78 is 23.5. The van der Waals surface area contributed by atoms with Gasteiger partial charge in [-0.2, -0.15) is 0 Å². The molecule has 7 heteroatoms. The molecule has 130 valence electrons. The van der Waals surface area contributed by atoms with Gasteiger partial charge >= 0.3 is 0 Å². The SMILES string of the molecule is Cc1cc(-c2snnc2[C@H]2CCCN(Cc3ccccc3F)C2)on1. The lowest BCUT2D eigenvalue weighted by molar-refractivity contribution is 0.196. The molecule has 3 heterocycles. The quantitative estimate of drug-likeness (QED) is 0.705. The molecule has 0 saturated carbocycles. The standard InChI is InChI=1S/C18H19FN4OS/c1-12-9-16(24-21-12)18-17(20-22-25-18)14-6-4-8-23(11-14)10-13-5-2-3-7-15(13)19/h2-3,5,7,9,14H,4,6,8,10-11H2,1H3/t14-/m0/s1. The van der Waals surface area contributed by atoms with Crippen molar-refractivity contribution in [2.24, 2.45) is 0 Å².